The number of aromatic nitrogens is 1. The molecule has 0 radical (unpaired) electrons. The molecule has 0 saturated carbocycles. The molecule has 8 nitrogen and oxygen atoms in total. The van der Waals surface area contributed by atoms with Gasteiger partial charge in [-0.1, -0.05) is 29.8 Å². The predicted molar refractivity (Wildman–Crippen MR) is 121 cm³/mol. The van der Waals surface area contributed by atoms with Crippen molar-refractivity contribution in [3.63, 3.8) is 0 Å². The van der Waals surface area contributed by atoms with Crippen molar-refractivity contribution in [3.05, 3.63) is 65.0 Å². The lowest BCUT2D eigenvalue weighted by atomic mass is 10.1. The first-order valence-electron chi connectivity index (χ1n) is 9.30. The molecule has 0 atom stereocenters. The topological polar surface area (TPSA) is 108 Å². The highest BCUT2D eigenvalue weighted by Crippen LogP contribution is 2.25. The maximum absolute atomic E-state index is 12.4. The Labute approximate surface area is 185 Å². The number of anilines is 1. The molecule has 0 bridgehead atoms. The highest BCUT2D eigenvalue weighted by Gasteiger charge is 2.19. The van der Waals surface area contributed by atoms with Gasteiger partial charge >= 0.3 is 0 Å². The molecule has 0 unspecified atom stereocenters. The minimum absolute atomic E-state index is 0.000986. The Morgan fingerprint density at radius 1 is 1.10 bits per heavy atom. The summed E-state index contributed by atoms with van der Waals surface area (Å²) in [5.74, 6) is -0.985. The molecule has 3 rings (SSSR count). The maximum atomic E-state index is 12.4. The largest absolute Gasteiger partial charge is 0.343 e. The Balaban J connectivity index is 1.60. The van der Waals surface area contributed by atoms with E-state index >= 15 is 0 Å². The summed E-state index contributed by atoms with van der Waals surface area (Å²) in [6, 6.07) is 13.5. The van der Waals surface area contributed by atoms with E-state index in [1.165, 1.54) is 49.7 Å². The van der Waals surface area contributed by atoms with Crippen molar-refractivity contribution in [3.8, 4) is 11.3 Å². The summed E-state index contributed by atoms with van der Waals surface area (Å²) < 4.78 is 25.5. The molecule has 0 saturated heterocycles. The Bertz CT molecular complexity index is 1220. The van der Waals surface area contributed by atoms with Crippen molar-refractivity contribution < 1.29 is 18.0 Å². The maximum Gasteiger partial charge on any atom is 0.251 e. The minimum Gasteiger partial charge on any atom is -0.343 e. The molecule has 0 aliphatic carbocycles. The zero-order valence-electron chi connectivity index (χ0n) is 17.2. The van der Waals surface area contributed by atoms with Crippen molar-refractivity contribution in [1.29, 1.82) is 0 Å². The third-order valence-electron chi connectivity index (χ3n) is 4.35. The van der Waals surface area contributed by atoms with Gasteiger partial charge in [-0.15, -0.1) is 11.3 Å². The summed E-state index contributed by atoms with van der Waals surface area (Å²) in [6.07, 6.45) is 0. The first-order valence-corrected chi connectivity index (χ1v) is 11.6. The summed E-state index contributed by atoms with van der Waals surface area (Å²) >= 11 is 1.29. The number of aryl methyl sites for hydroxylation is 1. The minimum atomic E-state index is -3.66. The van der Waals surface area contributed by atoms with Gasteiger partial charge in [-0.25, -0.2) is 17.7 Å². The molecule has 2 amide bonds. The van der Waals surface area contributed by atoms with Gasteiger partial charge in [0.05, 0.1) is 17.1 Å². The number of carbonyl (C=O) groups is 2. The SMILES string of the molecule is Cc1cccc(-c2csc(NC(=O)CNC(=O)c3cccc(S(=O)(=O)N(C)C)c3)n2)c1. The summed E-state index contributed by atoms with van der Waals surface area (Å²) in [5.41, 5.74) is 2.97. The fraction of sp³-hybridized carbons (Fsp3) is 0.190. The van der Waals surface area contributed by atoms with Crippen molar-refractivity contribution in [2.45, 2.75) is 11.8 Å². The van der Waals surface area contributed by atoms with Crippen LogP contribution in [0.5, 0.6) is 0 Å². The van der Waals surface area contributed by atoms with Gasteiger partial charge in [-0.3, -0.25) is 9.59 Å². The zero-order chi connectivity index (χ0) is 22.6. The van der Waals surface area contributed by atoms with Crippen LogP contribution in [-0.4, -0.2) is 50.2 Å². The van der Waals surface area contributed by atoms with Crippen molar-refractivity contribution in [2.24, 2.45) is 0 Å². The molecular weight excluding hydrogens is 436 g/mol. The van der Waals surface area contributed by atoms with E-state index in [-0.39, 0.29) is 17.0 Å². The molecule has 0 aliphatic heterocycles. The van der Waals surface area contributed by atoms with E-state index in [2.05, 4.69) is 15.6 Å². The molecule has 31 heavy (non-hydrogen) atoms. The molecule has 0 fully saturated rings. The van der Waals surface area contributed by atoms with Gasteiger partial charge in [0.2, 0.25) is 15.9 Å². The summed E-state index contributed by atoms with van der Waals surface area (Å²) in [4.78, 5) is 29.0. The number of sulfonamides is 1. The van der Waals surface area contributed by atoms with Crippen molar-refractivity contribution in [2.75, 3.05) is 26.0 Å². The van der Waals surface area contributed by atoms with Crippen LogP contribution in [0.2, 0.25) is 0 Å². The fourth-order valence-corrected chi connectivity index (χ4v) is 4.39. The van der Waals surface area contributed by atoms with Gasteiger partial charge in [0.1, 0.15) is 0 Å². The number of hydrogen-bond acceptors (Lipinski definition) is 6. The van der Waals surface area contributed by atoms with E-state index in [0.717, 1.165) is 21.1 Å². The highest BCUT2D eigenvalue weighted by molar-refractivity contribution is 7.89. The average Bonchev–Trinajstić information content (AvgIpc) is 3.20. The third-order valence-corrected chi connectivity index (χ3v) is 6.92. The van der Waals surface area contributed by atoms with Crippen LogP contribution in [0.25, 0.3) is 11.3 Å². The van der Waals surface area contributed by atoms with E-state index in [1.807, 2.05) is 36.6 Å². The van der Waals surface area contributed by atoms with Crippen LogP contribution in [0.1, 0.15) is 15.9 Å². The van der Waals surface area contributed by atoms with Crippen LogP contribution in [0.4, 0.5) is 5.13 Å². The Morgan fingerprint density at radius 2 is 1.84 bits per heavy atom. The van der Waals surface area contributed by atoms with E-state index < -0.39 is 21.8 Å². The van der Waals surface area contributed by atoms with E-state index in [9.17, 15) is 18.0 Å². The Kier molecular flexibility index (Phi) is 6.84. The second-order valence-electron chi connectivity index (χ2n) is 6.95. The van der Waals surface area contributed by atoms with Crippen LogP contribution in [0.3, 0.4) is 0 Å². The Morgan fingerprint density at radius 3 is 2.55 bits per heavy atom. The van der Waals surface area contributed by atoms with Gasteiger partial charge in [0, 0.05) is 30.6 Å². The lowest BCUT2D eigenvalue weighted by molar-refractivity contribution is -0.115. The Hall–Kier alpha value is -3.08. The summed E-state index contributed by atoms with van der Waals surface area (Å²) in [7, 11) is -0.837. The van der Waals surface area contributed by atoms with Gasteiger partial charge in [-0.2, -0.15) is 0 Å². The average molecular weight is 459 g/mol. The van der Waals surface area contributed by atoms with Gasteiger partial charge in [0.15, 0.2) is 5.13 Å². The van der Waals surface area contributed by atoms with Crippen LogP contribution >= 0.6 is 11.3 Å². The van der Waals surface area contributed by atoms with Crippen molar-refractivity contribution >= 4 is 38.3 Å². The summed E-state index contributed by atoms with van der Waals surface area (Å²) in [5, 5.41) is 7.42. The summed E-state index contributed by atoms with van der Waals surface area (Å²) in [6.45, 7) is 1.72. The molecule has 10 heteroatoms. The number of nitrogens with one attached hydrogen (secondary N) is 2. The quantitative estimate of drug-likeness (QED) is 0.566. The number of thiazole rings is 1. The van der Waals surface area contributed by atoms with Gasteiger partial charge in [-0.05, 0) is 31.2 Å². The van der Waals surface area contributed by atoms with Crippen LogP contribution in [0.15, 0.2) is 58.8 Å². The third kappa shape index (κ3) is 5.54. The predicted octanol–water partition coefficient (Wildman–Crippen LogP) is 2.74. The number of rotatable bonds is 7. The molecular formula is C21H22N4O4S2. The van der Waals surface area contributed by atoms with Crippen LogP contribution in [-0.2, 0) is 14.8 Å². The van der Waals surface area contributed by atoms with Gasteiger partial charge in [0.25, 0.3) is 5.91 Å². The molecule has 0 aliphatic rings. The monoisotopic (exact) mass is 458 g/mol. The molecule has 1 heterocycles. The number of benzene rings is 2. The normalized spacial score (nSPS) is 11.4. The first-order chi connectivity index (χ1) is 14.7. The number of nitrogens with zero attached hydrogens (tertiary/aromatic N) is 2. The van der Waals surface area contributed by atoms with Crippen LogP contribution < -0.4 is 10.6 Å². The number of carbonyl (C=O) groups excluding carboxylic acids is 2. The molecule has 2 aromatic carbocycles. The molecule has 2 N–H and O–H groups in total. The zero-order valence-corrected chi connectivity index (χ0v) is 18.9. The first kappa shape index (κ1) is 22.6. The molecule has 3 aromatic rings. The number of amides is 2. The van der Waals surface area contributed by atoms with Crippen molar-refractivity contribution in [1.82, 2.24) is 14.6 Å². The van der Waals surface area contributed by atoms with Crippen LogP contribution in [0, 0.1) is 6.92 Å². The van der Waals surface area contributed by atoms with E-state index in [0.29, 0.717) is 5.13 Å². The molecule has 1 aromatic heterocycles. The lowest BCUT2D eigenvalue weighted by Crippen LogP contribution is -2.33. The second kappa shape index (κ2) is 9.38. The second-order valence-corrected chi connectivity index (χ2v) is 9.96. The smallest absolute Gasteiger partial charge is 0.251 e. The fourth-order valence-electron chi connectivity index (χ4n) is 2.70. The van der Waals surface area contributed by atoms with Gasteiger partial charge < -0.3 is 10.6 Å². The van der Waals surface area contributed by atoms with E-state index in [4.69, 9.17) is 0 Å². The lowest BCUT2D eigenvalue weighted by Gasteiger charge is -2.12. The standard InChI is InChI=1S/C21H22N4O4S2/c1-14-6-4-7-15(10-14)18-13-30-21(23-18)24-19(26)12-22-20(27)16-8-5-9-17(11-16)31(28,29)25(2)3/h4-11,13H,12H2,1-3H3,(H,22,27)(H,23,24,26). The molecule has 0 spiro atoms. The number of hydrogen-bond donors (Lipinski definition) is 2. The molecule has 162 valence electrons. The highest BCUT2D eigenvalue weighted by atomic mass is 32.2. The van der Waals surface area contributed by atoms with E-state index in [1.54, 1.807) is 0 Å².